The van der Waals surface area contributed by atoms with Crippen LogP contribution in [0, 0.1) is 11.8 Å². The Hall–Kier alpha value is -2.35. The van der Waals surface area contributed by atoms with Crippen LogP contribution in [-0.4, -0.2) is 5.78 Å². The first kappa shape index (κ1) is 18.0. The van der Waals surface area contributed by atoms with E-state index in [0.717, 1.165) is 11.3 Å². The van der Waals surface area contributed by atoms with E-state index in [1.807, 2.05) is 48.5 Å². The summed E-state index contributed by atoms with van der Waals surface area (Å²) < 4.78 is 0. The average molecular weight is 321 g/mol. The Labute approximate surface area is 145 Å². The molecule has 0 amide bonds. The van der Waals surface area contributed by atoms with Gasteiger partial charge in [-0.1, -0.05) is 81.4 Å². The summed E-state index contributed by atoms with van der Waals surface area (Å²) in [7, 11) is 0. The molecule has 2 aromatic rings. The minimum Gasteiger partial charge on any atom is -0.381 e. The van der Waals surface area contributed by atoms with E-state index >= 15 is 0 Å². The molecule has 126 valence electrons. The summed E-state index contributed by atoms with van der Waals surface area (Å²) in [4.78, 5) is 12.6. The van der Waals surface area contributed by atoms with Gasteiger partial charge in [0.1, 0.15) is 0 Å². The number of ketones is 1. The first-order chi connectivity index (χ1) is 11.5. The second kappa shape index (κ2) is 8.49. The molecule has 0 spiro atoms. The summed E-state index contributed by atoms with van der Waals surface area (Å²) in [6.45, 7) is 8.66. The molecule has 2 atom stereocenters. The number of benzene rings is 2. The predicted molar refractivity (Wildman–Crippen MR) is 101 cm³/mol. The van der Waals surface area contributed by atoms with Crippen LogP contribution in [0.5, 0.6) is 0 Å². The van der Waals surface area contributed by atoms with E-state index in [0.29, 0.717) is 5.92 Å². The molecule has 0 unspecified atom stereocenters. The smallest absolute Gasteiger partial charge is 0.187 e. The minimum absolute atomic E-state index is 0.0471. The number of carbonyl (C=O) groups excluding carboxylic acids is 1. The van der Waals surface area contributed by atoms with Crippen molar-refractivity contribution in [1.29, 1.82) is 0 Å². The Morgan fingerprint density at radius 2 is 1.42 bits per heavy atom. The van der Waals surface area contributed by atoms with E-state index in [4.69, 9.17) is 0 Å². The molecule has 2 aromatic carbocycles. The van der Waals surface area contributed by atoms with Gasteiger partial charge in [-0.05, 0) is 24.3 Å². The second-order valence-electron chi connectivity index (χ2n) is 6.64. The van der Waals surface area contributed by atoms with Gasteiger partial charge in [0.2, 0.25) is 0 Å². The zero-order valence-corrected chi connectivity index (χ0v) is 15.0. The maximum absolute atomic E-state index is 12.6. The fraction of sp³-hybridized carbons (Fsp3) is 0.318. The molecule has 1 N–H and O–H groups in total. The van der Waals surface area contributed by atoms with Gasteiger partial charge in [0.25, 0.3) is 0 Å². The molecule has 2 heteroatoms. The number of nitrogens with one attached hydrogen (secondary N) is 1. The number of hydrogen-bond acceptors (Lipinski definition) is 2. The zero-order chi connectivity index (χ0) is 17.5. The van der Waals surface area contributed by atoms with Gasteiger partial charge in [0, 0.05) is 23.4 Å². The molecular formula is C22H27NO. The van der Waals surface area contributed by atoms with Crippen LogP contribution >= 0.6 is 0 Å². The van der Waals surface area contributed by atoms with Gasteiger partial charge >= 0.3 is 0 Å². The van der Waals surface area contributed by atoms with Crippen LogP contribution in [0.4, 0.5) is 0 Å². The first-order valence-electron chi connectivity index (χ1n) is 8.61. The third-order valence-corrected chi connectivity index (χ3v) is 4.52. The maximum atomic E-state index is 12.6. The lowest BCUT2D eigenvalue weighted by Crippen LogP contribution is -2.25. The molecule has 0 aliphatic rings. The quantitative estimate of drug-likeness (QED) is 0.547. The fourth-order valence-electron chi connectivity index (χ4n) is 2.57. The fourth-order valence-corrected chi connectivity index (χ4v) is 2.57. The summed E-state index contributed by atoms with van der Waals surface area (Å²) in [5.74, 6) is 0.782. The molecule has 0 aliphatic carbocycles. The van der Waals surface area contributed by atoms with Crippen molar-refractivity contribution in [3.05, 3.63) is 83.6 Å². The van der Waals surface area contributed by atoms with E-state index in [1.54, 1.807) is 6.08 Å². The van der Waals surface area contributed by atoms with Crippen molar-refractivity contribution in [2.45, 2.75) is 33.7 Å². The van der Waals surface area contributed by atoms with Gasteiger partial charge < -0.3 is 5.32 Å². The number of rotatable bonds is 7. The summed E-state index contributed by atoms with van der Waals surface area (Å²) in [5.41, 5.74) is 2.93. The summed E-state index contributed by atoms with van der Waals surface area (Å²) in [6, 6.07) is 19.9. The largest absolute Gasteiger partial charge is 0.381 e. The monoisotopic (exact) mass is 321 g/mol. The molecule has 2 rings (SSSR count). The molecule has 0 aliphatic heterocycles. The average Bonchev–Trinajstić information content (AvgIpc) is 2.61. The first-order valence-corrected chi connectivity index (χ1v) is 8.61. The SMILES string of the molecule is CC(C)[C@H](C)/C(=C/C(=O)c1ccccc1)N[C@H](C)c1ccccc1. The van der Waals surface area contributed by atoms with Gasteiger partial charge in [-0.15, -0.1) is 0 Å². The van der Waals surface area contributed by atoms with Crippen molar-refractivity contribution in [3.63, 3.8) is 0 Å². The molecule has 24 heavy (non-hydrogen) atoms. The van der Waals surface area contributed by atoms with E-state index in [2.05, 4.69) is 45.1 Å². The van der Waals surface area contributed by atoms with Crippen molar-refractivity contribution >= 4 is 5.78 Å². The van der Waals surface area contributed by atoms with Crippen LogP contribution in [-0.2, 0) is 0 Å². The predicted octanol–water partition coefficient (Wildman–Crippen LogP) is 5.40. The van der Waals surface area contributed by atoms with Crippen LogP contribution in [0.3, 0.4) is 0 Å². The van der Waals surface area contributed by atoms with Crippen LogP contribution in [0.15, 0.2) is 72.4 Å². The summed E-state index contributed by atoms with van der Waals surface area (Å²) >= 11 is 0. The zero-order valence-electron chi connectivity index (χ0n) is 15.0. The van der Waals surface area contributed by atoms with Crippen molar-refractivity contribution in [1.82, 2.24) is 5.32 Å². The molecule has 2 nitrogen and oxygen atoms in total. The maximum Gasteiger partial charge on any atom is 0.187 e. The van der Waals surface area contributed by atoms with Crippen molar-refractivity contribution in [3.8, 4) is 0 Å². The van der Waals surface area contributed by atoms with Crippen LogP contribution in [0.2, 0.25) is 0 Å². The lowest BCUT2D eigenvalue weighted by molar-refractivity contribution is 0.104. The second-order valence-corrected chi connectivity index (χ2v) is 6.64. The lowest BCUT2D eigenvalue weighted by Gasteiger charge is -2.25. The third kappa shape index (κ3) is 4.82. The van der Waals surface area contributed by atoms with Crippen molar-refractivity contribution in [2.24, 2.45) is 11.8 Å². The van der Waals surface area contributed by atoms with Crippen LogP contribution in [0.1, 0.15) is 49.7 Å². The van der Waals surface area contributed by atoms with Gasteiger partial charge in [-0.2, -0.15) is 0 Å². The Morgan fingerprint density at radius 3 is 1.96 bits per heavy atom. The molecule has 0 radical (unpaired) electrons. The normalized spacial score (nSPS) is 14.3. The molecule has 0 heterocycles. The topological polar surface area (TPSA) is 29.1 Å². The Balaban J connectivity index is 2.25. The van der Waals surface area contributed by atoms with Gasteiger partial charge in [-0.3, -0.25) is 4.79 Å². The molecule has 0 fully saturated rings. The van der Waals surface area contributed by atoms with Crippen LogP contribution in [0.25, 0.3) is 0 Å². The summed E-state index contributed by atoms with van der Waals surface area (Å²) in [5, 5.41) is 3.56. The van der Waals surface area contributed by atoms with E-state index < -0.39 is 0 Å². The molecule has 0 saturated carbocycles. The number of hydrogen-bond donors (Lipinski definition) is 1. The lowest BCUT2D eigenvalue weighted by atomic mass is 9.92. The van der Waals surface area contributed by atoms with E-state index in [-0.39, 0.29) is 17.7 Å². The van der Waals surface area contributed by atoms with Gasteiger partial charge in [0.05, 0.1) is 0 Å². The highest BCUT2D eigenvalue weighted by Crippen LogP contribution is 2.22. The van der Waals surface area contributed by atoms with Gasteiger partial charge in [-0.25, -0.2) is 0 Å². The van der Waals surface area contributed by atoms with E-state index in [9.17, 15) is 4.79 Å². The third-order valence-electron chi connectivity index (χ3n) is 4.52. The highest BCUT2D eigenvalue weighted by atomic mass is 16.1. The van der Waals surface area contributed by atoms with Crippen molar-refractivity contribution < 1.29 is 4.79 Å². The van der Waals surface area contributed by atoms with Gasteiger partial charge in [0.15, 0.2) is 5.78 Å². The minimum atomic E-state index is 0.0471. The Kier molecular flexibility index (Phi) is 6.36. The highest BCUT2D eigenvalue weighted by Gasteiger charge is 2.17. The molecule has 0 bridgehead atoms. The summed E-state index contributed by atoms with van der Waals surface area (Å²) in [6.07, 6.45) is 1.76. The van der Waals surface area contributed by atoms with E-state index in [1.165, 1.54) is 5.56 Å². The Morgan fingerprint density at radius 1 is 0.875 bits per heavy atom. The standard InChI is InChI=1S/C22H27NO/c1-16(2)17(3)21(15-22(24)20-13-9-6-10-14-20)23-18(4)19-11-7-5-8-12-19/h5-18,23H,1-4H3/b21-15-/t17-,18+/m0/s1. The number of carbonyl (C=O) groups is 1. The highest BCUT2D eigenvalue weighted by molar-refractivity contribution is 6.04. The Bertz CT molecular complexity index is 674. The molecular weight excluding hydrogens is 294 g/mol. The molecule has 0 aromatic heterocycles. The molecule has 0 saturated heterocycles. The van der Waals surface area contributed by atoms with Crippen molar-refractivity contribution in [2.75, 3.05) is 0 Å². The van der Waals surface area contributed by atoms with Crippen LogP contribution < -0.4 is 5.32 Å². The number of allylic oxidation sites excluding steroid dienone is 2.